The van der Waals surface area contributed by atoms with Crippen molar-refractivity contribution < 1.29 is 0 Å². The van der Waals surface area contributed by atoms with Gasteiger partial charge in [-0.05, 0) is 48.1 Å². The minimum Gasteiger partial charge on any atom is -0.313 e. The van der Waals surface area contributed by atoms with E-state index < -0.39 is 0 Å². The van der Waals surface area contributed by atoms with Crippen LogP contribution in [0.25, 0.3) is 0 Å². The molecule has 0 amide bonds. The highest BCUT2D eigenvalue weighted by Crippen LogP contribution is 2.51. The van der Waals surface area contributed by atoms with Gasteiger partial charge in [0.25, 0.3) is 0 Å². The topological polar surface area (TPSA) is 12.0 Å². The summed E-state index contributed by atoms with van der Waals surface area (Å²) in [7, 11) is 0. The molecule has 0 radical (unpaired) electrons. The molecule has 0 bridgehead atoms. The van der Waals surface area contributed by atoms with Crippen LogP contribution < -0.4 is 5.32 Å². The number of rotatable bonds is 4. The molecule has 0 spiro atoms. The predicted octanol–water partition coefficient (Wildman–Crippen LogP) is 3.18. The van der Waals surface area contributed by atoms with E-state index in [1.54, 1.807) is 11.1 Å². The molecular formula is C16H23N. The van der Waals surface area contributed by atoms with Crippen molar-refractivity contribution in [2.75, 3.05) is 6.54 Å². The van der Waals surface area contributed by atoms with Crippen molar-refractivity contribution in [3.05, 3.63) is 35.4 Å². The van der Waals surface area contributed by atoms with Crippen LogP contribution in [0, 0.1) is 11.3 Å². The smallest absolute Gasteiger partial charge is 0.0148 e. The van der Waals surface area contributed by atoms with Crippen LogP contribution in [0.3, 0.4) is 0 Å². The van der Waals surface area contributed by atoms with Crippen molar-refractivity contribution in [3.8, 4) is 0 Å². The van der Waals surface area contributed by atoms with Crippen LogP contribution in [0.5, 0.6) is 0 Å². The molecule has 2 aliphatic carbocycles. The van der Waals surface area contributed by atoms with E-state index in [0.717, 1.165) is 5.92 Å². The molecule has 0 aromatic heterocycles. The lowest BCUT2D eigenvalue weighted by Crippen LogP contribution is -2.36. The first kappa shape index (κ1) is 11.3. The molecule has 1 heteroatoms. The zero-order chi connectivity index (χ0) is 11.9. The van der Waals surface area contributed by atoms with Gasteiger partial charge in [-0.3, -0.25) is 0 Å². The highest BCUT2D eigenvalue weighted by molar-refractivity contribution is 5.33. The molecule has 92 valence electrons. The molecule has 1 saturated carbocycles. The number of fused-ring (bicyclic) bond motifs is 1. The summed E-state index contributed by atoms with van der Waals surface area (Å²) in [6.45, 7) is 5.97. The van der Waals surface area contributed by atoms with E-state index in [9.17, 15) is 0 Å². The van der Waals surface area contributed by atoms with Crippen LogP contribution in [0.4, 0.5) is 0 Å². The fourth-order valence-electron chi connectivity index (χ4n) is 3.17. The van der Waals surface area contributed by atoms with Crippen molar-refractivity contribution in [2.24, 2.45) is 11.3 Å². The SMILES string of the molecule is CC(C)C1(CNC2Cc3ccccc3C2)CC1. The maximum atomic E-state index is 3.81. The Morgan fingerprint density at radius 1 is 1.18 bits per heavy atom. The van der Waals surface area contributed by atoms with Gasteiger partial charge in [-0.1, -0.05) is 38.1 Å². The second kappa shape index (κ2) is 4.13. The minimum absolute atomic E-state index is 0.634. The van der Waals surface area contributed by atoms with E-state index in [4.69, 9.17) is 0 Å². The van der Waals surface area contributed by atoms with Gasteiger partial charge < -0.3 is 5.32 Å². The quantitative estimate of drug-likeness (QED) is 0.836. The van der Waals surface area contributed by atoms with Crippen LogP contribution in [0.2, 0.25) is 0 Å². The lowest BCUT2D eigenvalue weighted by atomic mass is 9.92. The Kier molecular flexibility index (Phi) is 2.74. The molecule has 1 aromatic rings. The first-order valence-electron chi connectivity index (χ1n) is 7.00. The summed E-state index contributed by atoms with van der Waals surface area (Å²) in [6, 6.07) is 9.58. The lowest BCUT2D eigenvalue weighted by Gasteiger charge is -2.22. The van der Waals surface area contributed by atoms with Gasteiger partial charge in [-0.15, -0.1) is 0 Å². The Bertz CT molecular complexity index is 379. The van der Waals surface area contributed by atoms with Crippen molar-refractivity contribution in [1.82, 2.24) is 5.32 Å². The third-order valence-corrected chi connectivity index (χ3v) is 4.91. The van der Waals surface area contributed by atoms with Crippen LogP contribution >= 0.6 is 0 Å². The second-order valence-corrected chi connectivity index (χ2v) is 6.27. The van der Waals surface area contributed by atoms with Gasteiger partial charge in [-0.25, -0.2) is 0 Å². The number of hydrogen-bond donors (Lipinski definition) is 1. The largest absolute Gasteiger partial charge is 0.313 e. The molecule has 3 rings (SSSR count). The van der Waals surface area contributed by atoms with Crippen molar-refractivity contribution in [2.45, 2.75) is 45.6 Å². The average molecular weight is 229 g/mol. The summed E-state index contributed by atoms with van der Waals surface area (Å²) in [6.07, 6.45) is 5.31. The zero-order valence-electron chi connectivity index (χ0n) is 11.0. The molecule has 0 unspecified atom stereocenters. The summed E-state index contributed by atoms with van der Waals surface area (Å²) in [4.78, 5) is 0. The van der Waals surface area contributed by atoms with Crippen molar-refractivity contribution in [3.63, 3.8) is 0 Å². The maximum Gasteiger partial charge on any atom is 0.0148 e. The molecule has 17 heavy (non-hydrogen) atoms. The summed E-state index contributed by atoms with van der Waals surface area (Å²) in [5.74, 6) is 0.832. The Hall–Kier alpha value is -0.820. The lowest BCUT2D eigenvalue weighted by molar-refractivity contribution is 0.321. The number of benzene rings is 1. The van der Waals surface area contributed by atoms with E-state index in [0.29, 0.717) is 11.5 Å². The molecule has 1 N–H and O–H groups in total. The second-order valence-electron chi connectivity index (χ2n) is 6.27. The first-order chi connectivity index (χ1) is 8.20. The molecule has 0 aliphatic heterocycles. The molecule has 0 saturated heterocycles. The summed E-state index contributed by atoms with van der Waals surface area (Å²) in [5.41, 5.74) is 3.74. The summed E-state index contributed by atoms with van der Waals surface area (Å²) < 4.78 is 0. The van der Waals surface area contributed by atoms with Gasteiger partial charge in [0.15, 0.2) is 0 Å². The minimum atomic E-state index is 0.634. The Morgan fingerprint density at radius 2 is 1.76 bits per heavy atom. The molecule has 1 aromatic carbocycles. The van der Waals surface area contributed by atoms with Crippen molar-refractivity contribution >= 4 is 0 Å². The van der Waals surface area contributed by atoms with Crippen LogP contribution in [-0.2, 0) is 12.8 Å². The third kappa shape index (κ3) is 2.13. The van der Waals surface area contributed by atoms with Gasteiger partial charge in [0.1, 0.15) is 0 Å². The maximum absolute atomic E-state index is 3.81. The van der Waals surface area contributed by atoms with E-state index in [1.165, 1.54) is 32.2 Å². The number of hydrogen-bond acceptors (Lipinski definition) is 1. The number of nitrogens with one attached hydrogen (secondary N) is 1. The highest BCUT2D eigenvalue weighted by atomic mass is 14.9. The summed E-state index contributed by atoms with van der Waals surface area (Å²) in [5, 5.41) is 3.81. The molecule has 2 aliphatic rings. The van der Waals surface area contributed by atoms with Crippen LogP contribution in [0.15, 0.2) is 24.3 Å². The third-order valence-electron chi connectivity index (χ3n) is 4.91. The standard InChI is InChI=1S/C16H23N/c1-12(2)16(7-8-16)11-17-15-9-13-5-3-4-6-14(13)10-15/h3-6,12,15,17H,7-11H2,1-2H3. The van der Waals surface area contributed by atoms with Gasteiger partial charge in [0.2, 0.25) is 0 Å². The fraction of sp³-hybridized carbons (Fsp3) is 0.625. The molecule has 1 nitrogen and oxygen atoms in total. The zero-order valence-corrected chi connectivity index (χ0v) is 11.0. The van der Waals surface area contributed by atoms with Gasteiger partial charge >= 0.3 is 0 Å². The van der Waals surface area contributed by atoms with Gasteiger partial charge in [0, 0.05) is 12.6 Å². The van der Waals surface area contributed by atoms with Crippen molar-refractivity contribution in [1.29, 1.82) is 0 Å². The monoisotopic (exact) mass is 229 g/mol. The Labute approximate surface area is 105 Å². The molecular weight excluding hydrogens is 206 g/mol. The average Bonchev–Trinajstić information content (AvgIpc) is 3.00. The molecule has 0 atom stereocenters. The van der Waals surface area contributed by atoms with E-state index >= 15 is 0 Å². The predicted molar refractivity (Wildman–Crippen MR) is 72.1 cm³/mol. The van der Waals surface area contributed by atoms with E-state index in [-0.39, 0.29) is 0 Å². The van der Waals surface area contributed by atoms with E-state index in [1.807, 2.05) is 0 Å². The van der Waals surface area contributed by atoms with Crippen LogP contribution in [0.1, 0.15) is 37.8 Å². The van der Waals surface area contributed by atoms with Gasteiger partial charge in [-0.2, -0.15) is 0 Å². The molecule has 1 fully saturated rings. The molecule has 0 heterocycles. The Morgan fingerprint density at radius 3 is 2.24 bits per heavy atom. The Balaban J connectivity index is 1.56. The van der Waals surface area contributed by atoms with Crippen LogP contribution in [-0.4, -0.2) is 12.6 Å². The normalized spacial score (nSPS) is 21.8. The highest BCUT2D eigenvalue weighted by Gasteiger charge is 2.45. The first-order valence-corrected chi connectivity index (χ1v) is 7.00. The fourth-order valence-corrected chi connectivity index (χ4v) is 3.17. The van der Waals surface area contributed by atoms with E-state index in [2.05, 4.69) is 43.4 Å². The summed E-state index contributed by atoms with van der Waals surface area (Å²) >= 11 is 0. The van der Waals surface area contributed by atoms with Gasteiger partial charge in [0.05, 0.1) is 0 Å².